The first-order valence-electron chi connectivity index (χ1n) is 7.31. The zero-order valence-corrected chi connectivity index (χ0v) is 12.6. The van der Waals surface area contributed by atoms with Crippen LogP contribution in [0, 0.1) is 0 Å². The van der Waals surface area contributed by atoms with Crippen molar-refractivity contribution in [1.82, 2.24) is 4.98 Å². The van der Waals surface area contributed by atoms with Gasteiger partial charge in [0, 0.05) is 22.7 Å². The molecule has 1 atom stereocenters. The summed E-state index contributed by atoms with van der Waals surface area (Å²) < 4.78 is 5.33. The Morgan fingerprint density at radius 3 is 2.48 bits per heavy atom. The molecule has 0 N–H and O–H groups in total. The number of carbonyl (C=O) groups is 2. The van der Waals surface area contributed by atoms with Crippen LogP contribution in [0.3, 0.4) is 0 Å². The Balaban J connectivity index is 1.82. The summed E-state index contributed by atoms with van der Waals surface area (Å²) in [6.07, 6.45) is 1.13. The van der Waals surface area contributed by atoms with Gasteiger partial charge in [0.25, 0.3) is 5.78 Å². The van der Waals surface area contributed by atoms with Gasteiger partial charge in [0.1, 0.15) is 6.10 Å². The molecule has 1 aromatic heterocycles. The maximum absolute atomic E-state index is 12.1. The molecule has 0 spiro atoms. The number of carbonyl (C=O) groups excluding carboxylic acids is 2. The quantitative estimate of drug-likeness (QED) is 0.419. The van der Waals surface area contributed by atoms with Gasteiger partial charge in [-0.2, -0.15) is 0 Å². The highest BCUT2D eigenvalue weighted by Gasteiger charge is 2.22. The largest absolute Gasteiger partial charge is 0.452 e. The van der Waals surface area contributed by atoms with Crippen molar-refractivity contribution in [3.05, 3.63) is 78.0 Å². The molecule has 1 heterocycles. The molecule has 4 nitrogen and oxygen atoms in total. The monoisotopic (exact) mass is 305 g/mol. The summed E-state index contributed by atoms with van der Waals surface area (Å²) >= 11 is 0. The standard InChI is InChI=1S/C19H15NO3/c1-13(16-11-5-9-14-10-6-12-20-17(14)16)23-19(22)18(21)15-7-3-2-4-8-15/h2-13H,1H3. The minimum Gasteiger partial charge on any atom is -0.452 e. The summed E-state index contributed by atoms with van der Waals surface area (Å²) in [5.41, 5.74) is 1.86. The average molecular weight is 305 g/mol. The molecule has 1 unspecified atom stereocenters. The lowest BCUT2D eigenvalue weighted by atomic mass is 10.1. The maximum Gasteiger partial charge on any atom is 0.380 e. The molecule has 23 heavy (non-hydrogen) atoms. The number of benzene rings is 2. The lowest BCUT2D eigenvalue weighted by molar-refractivity contribution is -0.142. The third-order valence-electron chi connectivity index (χ3n) is 3.61. The molecule has 0 aliphatic rings. The summed E-state index contributed by atoms with van der Waals surface area (Å²) in [5, 5.41) is 0.960. The van der Waals surface area contributed by atoms with Crippen LogP contribution in [0.2, 0.25) is 0 Å². The molecule has 0 saturated carbocycles. The highest BCUT2D eigenvalue weighted by atomic mass is 16.5. The number of nitrogens with zero attached hydrogens (tertiary/aromatic N) is 1. The van der Waals surface area contributed by atoms with E-state index >= 15 is 0 Å². The van der Waals surface area contributed by atoms with Crippen LogP contribution in [0.15, 0.2) is 66.9 Å². The number of aromatic nitrogens is 1. The summed E-state index contributed by atoms with van der Waals surface area (Å²) in [5.74, 6) is -1.51. The van der Waals surface area contributed by atoms with Crippen LogP contribution in [0.5, 0.6) is 0 Å². The number of pyridine rings is 1. The molecule has 0 aliphatic heterocycles. The third kappa shape index (κ3) is 3.11. The van der Waals surface area contributed by atoms with Crippen LogP contribution in [-0.2, 0) is 9.53 Å². The number of fused-ring (bicyclic) bond motifs is 1. The van der Waals surface area contributed by atoms with Gasteiger partial charge in [-0.1, -0.05) is 54.6 Å². The molecular weight excluding hydrogens is 290 g/mol. The molecule has 3 aromatic rings. The first-order valence-corrected chi connectivity index (χ1v) is 7.31. The van der Waals surface area contributed by atoms with Crippen molar-refractivity contribution in [2.45, 2.75) is 13.0 Å². The van der Waals surface area contributed by atoms with Crippen molar-refractivity contribution in [2.24, 2.45) is 0 Å². The topological polar surface area (TPSA) is 56.3 Å². The normalized spacial score (nSPS) is 11.9. The Morgan fingerprint density at radius 2 is 1.70 bits per heavy atom. The number of ether oxygens (including phenoxy) is 1. The molecule has 0 radical (unpaired) electrons. The highest BCUT2D eigenvalue weighted by Crippen LogP contribution is 2.25. The second-order valence-corrected chi connectivity index (χ2v) is 5.17. The molecule has 2 aromatic carbocycles. The van der Waals surface area contributed by atoms with Gasteiger partial charge < -0.3 is 4.74 Å². The molecule has 4 heteroatoms. The number of rotatable bonds is 4. The molecule has 0 saturated heterocycles. The van der Waals surface area contributed by atoms with E-state index in [1.807, 2.05) is 30.3 Å². The first-order chi connectivity index (χ1) is 11.2. The van der Waals surface area contributed by atoms with E-state index in [9.17, 15) is 9.59 Å². The fourth-order valence-electron chi connectivity index (χ4n) is 2.44. The summed E-state index contributed by atoms with van der Waals surface area (Å²) in [7, 11) is 0. The highest BCUT2D eigenvalue weighted by molar-refractivity contribution is 6.40. The van der Waals surface area contributed by atoms with Crippen LogP contribution in [-0.4, -0.2) is 16.7 Å². The van der Waals surface area contributed by atoms with Gasteiger partial charge >= 0.3 is 5.97 Å². The van der Waals surface area contributed by atoms with Crippen LogP contribution in [0.4, 0.5) is 0 Å². The first kappa shape index (κ1) is 14.9. The van der Waals surface area contributed by atoms with Crippen molar-refractivity contribution < 1.29 is 14.3 Å². The SMILES string of the molecule is CC(OC(=O)C(=O)c1ccccc1)c1cccc2cccnc12. The molecular formula is C19H15NO3. The number of Topliss-reactive ketones (excluding diaryl/α,β-unsaturated/α-hetero) is 1. The third-order valence-corrected chi connectivity index (χ3v) is 3.61. The molecule has 0 bridgehead atoms. The Labute approximate surface area is 133 Å². The van der Waals surface area contributed by atoms with E-state index in [0.29, 0.717) is 5.56 Å². The van der Waals surface area contributed by atoms with Crippen LogP contribution < -0.4 is 0 Å². The zero-order valence-electron chi connectivity index (χ0n) is 12.6. The van der Waals surface area contributed by atoms with E-state index in [1.54, 1.807) is 43.5 Å². The summed E-state index contributed by atoms with van der Waals surface area (Å²) in [6.45, 7) is 1.74. The van der Waals surface area contributed by atoms with Crippen molar-refractivity contribution in [3.63, 3.8) is 0 Å². The predicted molar refractivity (Wildman–Crippen MR) is 87.0 cm³/mol. The number of hydrogen-bond donors (Lipinski definition) is 0. The Bertz CT molecular complexity index is 853. The lowest BCUT2D eigenvalue weighted by Gasteiger charge is -2.14. The molecule has 3 rings (SSSR count). The fraction of sp³-hybridized carbons (Fsp3) is 0.105. The van der Waals surface area contributed by atoms with E-state index in [4.69, 9.17) is 4.74 Å². The summed E-state index contributed by atoms with van der Waals surface area (Å²) in [4.78, 5) is 28.5. The van der Waals surface area contributed by atoms with Gasteiger partial charge in [-0.15, -0.1) is 0 Å². The van der Waals surface area contributed by atoms with E-state index in [2.05, 4.69) is 4.98 Å². The maximum atomic E-state index is 12.1. The van der Waals surface area contributed by atoms with Crippen molar-refractivity contribution in [2.75, 3.05) is 0 Å². The van der Waals surface area contributed by atoms with E-state index in [1.165, 1.54) is 0 Å². The molecule has 114 valence electrons. The van der Waals surface area contributed by atoms with Crippen LogP contribution in [0.25, 0.3) is 10.9 Å². The number of ketones is 1. The van der Waals surface area contributed by atoms with Gasteiger partial charge in [0.2, 0.25) is 0 Å². The van der Waals surface area contributed by atoms with Crippen molar-refractivity contribution >= 4 is 22.7 Å². The second-order valence-electron chi connectivity index (χ2n) is 5.17. The van der Waals surface area contributed by atoms with Gasteiger partial charge in [0.05, 0.1) is 5.52 Å². The number of esters is 1. The van der Waals surface area contributed by atoms with E-state index < -0.39 is 17.9 Å². The predicted octanol–water partition coefficient (Wildman–Crippen LogP) is 3.72. The van der Waals surface area contributed by atoms with Gasteiger partial charge in [-0.3, -0.25) is 9.78 Å². The number of hydrogen-bond acceptors (Lipinski definition) is 4. The van der Waals surface area contributed by atoms with Gasteiger partial charge in [-0.25, -0.2) is 4.79 Å². The van der Waals surface area contributed by atoms with Gasteiger partial charge in [-0.05, 0) is 13.0 Å². The Morgan fingerprint density at radius 1 is 0.957 bits per heavy atom. The summed E-state index contributed by atoms with van der Waals surface area (Å²) in [6, 6.07) is 17.8. The average Bonchev–Trinajstić information content (AvgIpc) is 2.61. The Hall–Kier alpha value is -3.01. The van der Waals surface area contributed by atoms with Crippen LogP contribution in [0.1, 0.15) is 28.9 Å². The van der Waals surface area contributed by atoms with Crippen molar-refractivity contribution in [1.29, 1.82) is 0 Å². The zero-order chi connectivity index (χ0) is 16.2. The van der Waals surface area contributed by atoms with E-state index in [-0.39, 0.29) is 0 Å². The fourth-order valence-corrected chi connectivity index (χ4v) is 2.44. The smallest absolute Gasteiger partial charge is 0.380 e. The van der Waals surface area contributed by atoms with Gasteiger partial charge in [0.15, 0.2) is 0 Å². The number of para-hydroxylation sites is 1. The van der Waals surface area contributed by atoms with Crippen molar-refractivity contribution in [3.8, 4) is 0 Å². The molecule has 0 amide bonds. The second kappa shape index (κ2) is 6.40. The van der Waals surface area contributed by atoms with E-state index in [0.717, 1.165) is 16.5 Å². The molecule has 0 fully saturated rings. The Kier molecular flexibility index (Phi) is 4.15. The minimum absolute atomic E-state index is 0.320. The van der Waals surface area contributed by atoms with Crippen LogP contribution >= 0.6 is 0 Å². The minimum atomic E-state index is -0.864. The molecule has 0 aliphatic carbocycles. The lowest BCUT2D eigenvalue weighted by Crippen LogP contribution is -2.19.